The molecule has 2 aromatic rings. The number of aliphatic hydroxyl groups excluding tert-OH is 1. The van der Waals surface area contributed by atoms with Gasteiger partial charge in [-0.2, -0.15) is 0 Å². The van der Waals surface area contributed by atoms with Crippen LogP contribution in [0.5, 0.6) is 5.75 Å². The summed E-state index contributed by atoms with van der Waals surface area (Å²) in [4.78, 5) is 1.15. The van der Waals surface area contributed by atoms with E-state index < -0.39 is 0 Å². The minimum Gasteiger partial charge on any atom is -0.495 e. The molecule has 0 saturated heterocycles. The molecule has 0 saturated carbocycles. The van der Waals surface area contributed by atoms with Gasteiger partial charge in [0.05, 0.1) is 25.5 Å². The second-order valence-electron chi connectivity index (χ2n) is 4.44. The summed E-state index contributed by atoms with van der Waals surface area (Å²) in [5, 5.41) is 8.80. The maximum absolute atomic E-state index is 8.80. The molecular weight excluding hydrogens is 284 g/mol. The van der Waals surface area contributed by atoms with Crippen LogP contribution in [0, 0.1) is 18.8 Å². The number of thioether (sulfide) groups is 1. The summed E-state index contributed by atoms with van der Waals surface area (Å²) in [5.74, 6) is 8.52. The topological polar surface area (TPSA) is 42.6 Å². The Morgan fingerprint density at radius 2 is 2.19 bits per heavy atom. The molecule has 0 aliphatic heterocycles. The van der Waals surface area contributed by atoms with Crippen LogP contribution in [-0.2, 0) is 5.75 Å². The monoisotopic (exact) mass is 302 g/mol. The maximum Gasteiger partial charge on any atom is 0.134 e. The lowest BCUT2D eigenvalue weighted by molar-refractivity contribution is 0.305. The van der Waals surface area contributed by atoms with E-state index >= 15 is 0 Å². The van der Waals surface area contributed by atoms with Crippen LogP contribution in [0.2, 0.25) is 0 Å². The van der Waals surface area contributed by atoms with Crippen molar-refractivity contribution >= 4 is 11.8 Å². The molecule has 0 unspecified atom stereocenters. The summed E-state index contributed by atoms with van der Waals surface area (Å²) < 4.78 is 10.6. The van der Waals surface area contributed by atoms with Crippen molar-refractivity contribution in [3.05, 3.63) is 47.4 Å². The Balaban J connectivity index is 2.12. The molecule has 1 aromatic carbocycles. The summed E-state index contributed by atoms with van der Waals surface area (Å²) >= 11 is 1.73. The third-order valence-corrected chi connectivity index (χ3v) is 4.14. The maximum atomic E-state index is 8.80. The molecule has 1 N–H and O–H groups in total. The van der Waals surface area contributed by atoms with Gasteiger partial charge in [-0.05, 0) is 30.7 Å². The summed E-state index contributed by atoms with van der Waals surface area (Å²) in [6.07, 6.45) is 2.17. The smallest absolute Gasteiger partial charge is 0.134 e. The van der Waals surface area contributed by atoms with E-state index in [1.165, 1.54) is 5.56 Å². The van der Waals surface area contributed by atoms with E-state index in [1.54, 1.807) is 25.1 Å². The zero-order chi connectivity index (χ0) is 15.1. The van der Waals surface area contributed by atoms with Gasteiger partial charge >= 0.3 is 0 Å². The summed E-state index contributed by atoms with van der Waals surface area (Å²) in [7, 11) is 1.63. The molecule has 4 heteroatoms. The number of benzene rings is 1. The molecule has 110 valence electrons. The van der Waals surface area contributed by atoms with Gasteiger partial charge in [0.1, 0.15) is 11.5 Å². The van der Waals surface area contributed by atoms with Gasteiger partial charge in [-0.1, -0.05) is 17.9 Å². The molecule has 0 amide bonds. The Bertz CT molecular complexity index is 650. The van der Waals surface area contributed by atoms with E-state index in [4.69, 9.17) is 14.3 Å². The van der Waals surface area contributed by atoms with Crippen LogP contribution in [0.3, 0.4) is 0 Å². The lowest BCUT2D eigenvalue weighted by Gasteiger charge is -2.06. The average molecular weight is 302 g/mol. The van der Waals surface area contributed by atoms with Gasteiger partial charge < -0.3 is 14.3 Å². The Hall–Kier alpha value is -1.83. The fourth-order valence-corrected chi connectivity index (χ4v) is 2.75. The van der Waals surface area contributed by atoms with Crippen LogP contribution in [0.1, 0.15) is 23.3 Å². The third kappa shape index (κ3) is 4.32. The van der Waals surface area contributed by atoms with Crippen molar-refractivity contribution < 1.29 is 14.3 Å². The molecule has 0 aliphatic rings. The number of ether oxygens (including phenoxy) is 1. The molecule has 21 heavy (non-hydrogen) atoms. The first-order valence-corrected chi connectivity index (χ1v) is 7.66. The largest absolute Gasteiger partial charge is 0.495 e. The van der Waals surface area contributed by atoms with Gasteiger partial charge in [0.15, 0.2) is 0 Å². The molecular formula is C17H18O3S. The van der Waals surface area contributed by atoms with Gasteiger partial charge in [-0.25, -0.2) is 0 Å². The molecule has 1 aromatic heterocycles. The first-order chi connectivity index (χ1) is 10.2. The Morgan fingerprint density at radius 3 is 2.86 bits per heavy atom. The quantitative estimate of drug-likeness (QED) is 0.676. The number of aliphatic hydroxyl groups is 1. The predicted molar refractivity (Wildman–Crippen MR) is 84.6 cm³/mol. The van der Waals surface area contributed by atoms with Gasteiger partial charge in [0, 0.05) is 17.1 Å². The molecule has 0 fully saturated rings. The molecule has 1 heterocycles. The van der Waals surface area contributed by atoms with E-state index in [-0.39, 0.29) is 6.61 Å². The number of aryl methyl sites for hydroxylation is 1. The van der Waals surface area contributed by atoms with Crippen LogP contribution in [-0.4, -0.2) is 18.8 Å². The van der Waals surface area contributed by atoms with Crippen molar-refractivity contribution in [2.75, 3.05) is 13.7 Å². The van der Waals surface area contributed by atoms with Crippen LogP contribution >= 0.6 is 11.8 Å². The van der Waals surface area contributed by atoms with Gasteiger partial charge in [-0.15, -0.1) is 11.8 Å². The van der Waals surface area contributed by atoms with E-state index in [0.29, 0.717) is 6.42 Å². The number of rotatable bonds is 5. The van der Waals surface area contributed by atoms with Crippen molar-refractivity contribution in [2.45, 2.75) is 24.0 Å². The standard InChI is InChI=1S/C17H18O3S/c1-13-17(8-10-20-13)21-12-14-6-7-16(19-2)15(11-14)5-3-4-9-18/h6-8,10-11,18H,4,9,12H2,1-2H3. The first-order valence-electron chi connectivity index (χ1n) is 6.68. The molecule has 0 atom stereocenters. The normalized spacial score (nSPS) is 10.0. The Kier molecular flexibility index (Phi) is 5.79. The Morgan fingerprint density at radius 1 is 1.33 bits per heavy atom. The van der Waals surface area contributed by atoms with E-state index in [2.05, 4.69) is 11.8 Å². The highest BCUT2D eigenvalue weighted by molar-refractivity contribution is 7.98. The van der Waals surface area contributed by atoms with E-state index in [1.807, 2.05) is 31.2 Å². The minimum absolute atomic E-state index is 0.0740. The molecule has 0 bridgehead atoms. The van der Waals surface area contributed by atoms with E-state index in [9.17, 15) is 0 Å². The first kappa shape index (κ1) is 15.6. The molecule has 0 spiro atoms. The zero-order valence-electron chi connectivity index (χ0n) is 12.2. The van der Waals surface area contributed by atoms with Gasteiger partial charge in [0.25, 0.3) is 0 Å². The summed E-state index contributed by atoms with van der Waals surface area (Å²) in [6, 6.07) is 7.98. The second-order valence-corrected chi connectivity index (χ2v) is 5.46. The summed E-state index contributed by atoms with van der Waals surface area (Å²) in [6.45, 7) is 2.03. The third-order valence-electron chi connectivity index (χ3n) is 2.93. The number of hydrogen-bond donors (Lipinski definition) is 1. The van der Waals surface area contributed by atoms with Gasteiger partial charge in [-0.3, -0.25) is 0 Å². The highest BCUT2D eigenvalue weighted by Gasteiger charge is 2.05. The van der Waals surface area contributed by atoms with Crippen molar-refractivity contribution in [3.8, 4) is 17.6 Å². The molecule has 0 aliphatic carbocycles. The number of methoxy groups -OCH3 is 1. The van der Waals surface area contributed by atoms with Crippen LogP contribution in [0.25, 0.3) is 0 Å². The van der Waals surface area contributed by atoms with E-state index in [0.717, 1.165) is 27.7 Å². The predicted octanol–water partition coefficient (Wildman–Crippen LogP) is 3.62. The van der Waals surface area contributed by atoms with Crippen molar-refractivity contribution in [1.82, 2.24) is 0 Å². The summed E-state index contributed by atoms with van der Waals surface area (Å²) in [5.41, 5.74) is 2.03. The SMILES string of the molecule is COc1ccc(CSc2ccoc2C)cc1C#CCCO. The minimum atomic E-state index is 0.0740. The second kappa shape index (κ2) is 7.82. The zero-order valence-corrected chi connectivity index (χ0v) is 13.0. The van der Waals surface area contributed by atoms with Crippen LogP contribution in [0.15, 0.2) is 39.8 Å². The fourth-order valence-electron chi connectivity index (χ4n) is 1.84. The highest BCUT2D eigenvalue weighted by atomic mass is 32.2. The average Bonchev–Trinajstić information content (AvgIpc) is 2.91. The van der Waals surface area contributed by atoms with Crippen LogP contribution < -0.4 is 4.74 Å². The van der Waals surface area contributed by atoms with Gasteiger partial charge in [0.2, 0.25) is 0 Å². The fraction of sp³-hybridized carbons (Fsp3) is 0.294. The number of hydrogen-bond acceptors (Lipinski definition) is 4. The molecule has 3 nitrogen and oxygen atoms in total. The molecule has 2 rings (SSSR count). The van der Waals surface area contributed by atoms with Crippen molar-refractivity contribution in [3.63, 3.8) is 0 Å². The molecule has 0 radical (unpaired) electrons. The van der Waals surface area contributed by atoms with Crippen LogP contribution in [0.4, 0.5) is 0 Å². The highest BCUT2D eigenvalue weighted by Crippen LogP contribution is 2.28. The van der Waals surface area contributed by atoms with Crippen molar-refractivity contribution in [2.24, 2.45) is 0 Å². The Labute approximate surface area is 129 Å². The lowest BCUT2D eigenvalue weighted by Crippen LogP contribution is -1.90. The van der Waals surface area contributed by atoms with Crippen molar-refractivity contribution in [1.29, 1.82) is 0 Å². The lowest BCUT2D eigenvalue weighted by atomic mass is 10.1. The number of furan rings is 1.